The maximum absolute atomic E-state index is 14.1. The standard InChI is InChI=1S/C33H38N2O3/c1-23-30(36)32(2)21-24(28-17-16-27(38-5)20-29(28)32)22-35(23)19-18-33(31(37)34(3)4,25-12-8-6-9-13-25)26-14-10-7-11-15-26/h6-17,20,23-24H,18-19,21-22H2,1-5H3. The second kappa shape index (κ2) is 10.0. The van der Waals surface area contributed by atoms with Crippen molar-refractivity contribution in [2.75, 3.05) is 34.3 Å². The topological polar surface area (TPSA) is 49.9 Å². The van der Waals surface area contributed by atoms with Crippen LogP contribution in [0.4, 0.5) is 0 Å². The number of carbonyl (C=O) groups is 2. The largest absolute Gasteiger partial charge is 0.497 e. The average Bonchev–Trinajstić information content (AvgIpc) is 3.19. The minimum absolute atomic E-state index is 0.0506. The van der Waals surface area contributed by atoms with Crippen LogP contribution in [0.1, 0.15) is 54.9 Å². The number of amides is 1. The van der Waals surface area contributed by atoms with Crippen molar-refractivity contribution < 1.29 is 14.3 Å². The molecule has 38 heavy (non-hydrogen) atoms. The van der Waals surface area contributed by atoms with Crippen LogP contribution in [0, 0.1) is 0 Å². The number of Topliss-reactive ketones (excluding diaryl/α,β-unsaturated/α-hetero) is 1. The molecule has 0 aromatic heterocycles. The third-order valence-corrected chi connectivity index (χ3v) is 8.95. The van der Waals surface area contributed by atoms with Gasteiger partial charge >= 0.3 is 0 Å². The van der Waals surface area contributed by atoms with Crippen LogP contribution in [0.3, 0.4) is 0 Å². The van der Waals surface area contributed by atoms with Gasteiger partial charge in [0.25, 0.3) is 0 Å². The van der Waals surface area contributed by atoms with E-state index in [0.717, 1.165) is 35.4 Å². The Balaban J connectivity index is 1.53. The van der Waals surface area contributed by atoms with Crippen LogP contribution in [-0.4, -0.2) is 61.8 Å². The number of benzene rings is 3. The van der Waals surface area contributed by atoms with Gasteiger partial charge < -0.3 is 9.64 Å². The van der Waals surface area contributed by atoms with Gasteiger partial charge in [-0.25, -0.2) is 0 Å². The van der Waals surface area contributed by atoms with E-state index in [9.17, 15) is 9.59 Å². The van der Waals surface area contributed by atoms with Gasteiger partial charge in [0.15, 0.2) is 5.78 Å². The fraction of sp³-hybridized carbons (Fsp3) is 0.394. The zero-order chi connectivity index (χ0) is 27.1. The second-order valence-electron chi connectivity index (χ2n) is 11.3. The Bertz CT molecular complexity index is 1280. The summed E-state index contributed by atoms with van der Waals surface area (Å²) in [6.45, 7) is 5.56. The van der Waals surface area contributed by atoms with E-state index in [1.165, 1.54) is 5.56 Å². The molecule has 2 aliphatic rings. The fourth-order valence-electron chi connectivity index (χ4n) is 6.91. The van der Waals surface area contributed by atoms with E-state index in [2.05, 4.69) is 48.2 Å². The Morgan fingerprint density at radius 1 is 1.03 bits per heavy atom. The molecule has 0 N–H and O–H groups in total. The van der Waals surface area contributed by atoms with Gasteiger partial charge in [-0.1, -0.05) is 66.7 Å². The van der Waals surface area contributed by atoms with Crippen LogP contribution in [-0.2, 0) is 20.4 Å². The minimum Gasteiger partial charge on any atom is -0.497 e. The fourth-order valence-corrected chi connectivity index (χ4v) is 6.91. The number of nitrogens with zero attached hydrogens (tertiary/aromatic N) is 2. The zero-order valence-electron chi connectivity index (χ0n) is 23.1. The Morgan fingerprint density at radius 3 is 2.18 bits per heavy atom. The van der Waals surface area contributed by atoms with Gasteiger partial charge in [-0.05, 0) is 67.0 Å². The molecule has 198 valence electrons. The molecular weight excluding hydrogens is 472 g/mol. The molecule has 0 saturated carbocycles. The van der Waals surface area contributed by atoms with E-state index in [4.69, 9.17) is 4.74 Å². The minimum atomic E-state index is -0.852. The highest BCUT2D eigenvalue weighted by Gasteiger charge is 2.52. The van der Waals surface area contributed by atoms with E-state index in [1.54, 1.807) is 12.0 Å². The number of likely N-dealkylation sites (tertiary alicyclic amines) is 1. The van der Waals surface area contributed by atoms with Gasteiger partial charge in [-0.2, -0.15) is 0 Å². The SMILES string of the molecule is COc1ccc2c(c1)C1(C)CC2CN(CCC(C(=O)N(C)C)(c2ccccc2)c2ccccc2)C(C)C1=O. The summed E-state index contributed by atoms with van der Waals surface area (Å²) < 4.78 is 5.49. The van der Waals surface area contributed by atoms with Crippen LogP contribution in [0.2, 0.25) is 0 Å². The summed E-state index contributed by atoms with van der Waals surface area (Å²) in [6, 6.07) is 26.1. The summed E-state index contributed by atoms with van der Waals surface area (Å²) in [5.74, 6) is 1.36. The predicted molar refractivity (Wildman–Crippen MR) is 151 cm³/mol. The van der Waals surface area contributed by atoms with Gasteiger partial charge in [0.2, 0.25) is 5.91 Å². The smallest absolute Gasteiger partial charge is 0.237 e. The van der Waals surface area contributed by atoms with Crippen LogP contribution in [0.15, 0.2) is 78.9 Å². The number of rotatable bonds is 7. The van der Waals surface area contributed by atoms with Gasteiger partial charge in [0.05, 0.1) is 18.6 Å². The van der Waals surface area contributed by atoms with Crippen molar-refractivity contribution in [2.24, 2.45) is 0 Å². The molecule has 1 heterocycles. The first-order chi connectivity index (χ1) is 18.2. The quantitative estimate of drug-likeness (QED) is 0.440. The molecule has 5 nitrogen and oxygen atoms in total. The summed E-state index contributed by atoms with van der Waals surface area (Å²) in [6.07, 6.45) is 1.39. The van der Waals surface area contributed by atoms with Crippen molar-refractivity contribution in [1.29, 1.82) is 0 Å². The van der Waals surface area contributed by atoms with Gasteiger partial charge in [0, 0.05) is 27.2 Å². The number of likely N-dealkylation sites (N-methyl/N-ethyl adjacent to an activating group) is 1. The van der Waals surface area contributed by atoms with Crippen LogP contribution >= 0.6 is 0 Å². The van der Waals surface area contributed by atoms with Crippen molar-refractivity contribution in [2.45, 2.75) is 49.5 Å². The molecule has 5 rings (SSSR count). The Kier molecular flexibility index (Phi) is 6.91. The van der Waals surface area contributed by atoms with Gasteiger partial charge in [0.1, 0.15) is 11.2 Å². The summed E-state index contributed by atoms with van der Waals surface area (Å²) in [5.41, 5.74) is 2.94. The van der Waals surface area contributed by atoms with Crippen LogP contribution < -0.4 is 4.74 Å². The van der Waals surface area contributed by atoms with Crippen molar-refractivity contribution in [3.05, 3.63) is 101 Å². The van der Waals surface area contributed by atoms with Gasteiger partial charge in [-0.15, -0.1) is 0 Å². The Morgan fingerprint density at radius 2 is 1.63 bits per heavy atom. The molecule has 5 heteroatoms. The molecule has 1 aliphatic heterocycles. The summed E-state index contributed by atoms with van der Waals surface area (Å²) in [4.78, 5) is 32.1. The second-order valence-corrected chi connectivity index (χ2v) is 11.3. The average molecular weight is 511 g/mol. The highest BCUT2D eigenvalue weighted by molar-refractivity contribution is 5.96. The van der Waals surface area contributed by atoms with E-state index >= 15 is 0 Å². The summed E-state index contributed by atoms with van der Waals surface area (Å²) in [5, 5.41) is 0. The third kappa shape index (κ3) is 4.14. The Hall–Kier alpha value is -3.44. The van der Waals surface area contributed by atoms with Crippen LogP contribution in [0.25, 0.3) is 0 Å². The van der Waals surface area contributed by atoms with Crippen molar-refractivity contribution in [1.82, 2.24) is 9.80 Å². The lowest BCUT2D eigenvalue weighted by Gasteiger charge is -2.39. The molecule has 1 fully saturated rings. The number of hydrogen-bond acceptors (Lipinski definition) is 4. The molecule has 3 aromatic carbocycles. The molecule has 2 bridgehead atoms. The number of ether oxygens (including phenoxy) is 1. The highest BCUT2D eigenvalue weighted by Crippen LogP contribution is 2.51. The molecule has 1 saturated heterocycles. The molecule has 3 atom stereocenters. The first-order valence-electron chi connectivity index (χ1n) is 13.5. The summed E-state index contributed by atoms with van der Waals surface area (Å²) >= 11 is 0. The molecule has 1 amide bonds. The molecular formula is C33H38N2O3. The van der Waals surface area contributed by atoms with Crippen molar-refractivity contribution in [3.8, 4) is 5.75 Å². The lowest BCUT2D eigenvalue weighted by Crippen LogP contribution is -2.50. The monoisotopic (exact) mass is 510 g/mol. The van der Waals surface area contributed by atoms with E-state index in [-0.39, 0.29) is 23.7 Å². The first kappa shape index (κ1) is 26.2. The third-order valence-electron chi connectivity index (χ3n) is 8.95. The number of carbonyl (C=O) groups excluding carboxylic acids is 2. The molecule has 1 aliphatic carbocycles. The summed E-state index contributed by atoms with van der Waals surface area (Å²) in [7, 11) is 5.32. The maximum atomic E-state index is 14.1. The highest BCUT2D eigenvalue weighted by atomic mass is 16.5. The molecule has 0 radical (unpaired) electrons. The Labute approximate surface area is 226 Å². The van der Waals surface area contributed by atoms with Crippen molar-refractivity contribution in [3.63, 3.8) is 0 Å². The molecule has 3 unspecified atom stereocenters. The number of methoxy groups -OCH3 is 1. The number of ketones is 1. The lowest BCUT2D eigenvalue weighted by molar-refractivity contribution is -0.133. The zero-order valence-corrected chi connectivity index (χ0v) is 23.1. The molecule has 0 spiro atoms. The molecule has 3 aromatic rings. The first-order valence-corrected chi connectivity index (χ1v) is 13.5. The van der Waals surface area contributed by atoms with E-state index < -0.39 is 10.8 Å². The normalized spacial score (nSPS) is 23.0. The van der Waals surface area contributed by atoms with E-state index in [0.29, 0.717) is 13.0 Å². The van der Waals surface area contributed by atoms with Crippen molar-refractivity contribution >= 4 is 11.7 Å². The van der Waals surface area contributed by atoms with E-state index in [1.807, 2.05) is 63.5 Å². The number of fused-ring (bicyclic) bond motifs is 5. The van der Waals surface area contributed by atoms with Gasteiger partial charge in [-0.3, -0.25) is 14.5 Å². The van der Waals surface area contributed by atoms with Crippen LogP contribution in [0.5, 0.6) is 5.75 Å². The maximum Gasteiger partial charge on any atom is 0.237 e. The predicted octanol–water partition coefficient (Wildman–Crippen LogP) is 5.18. The number of hydrogen-bond donors (Lipinski definition) is 0. The lowest BCUT2D eigenvalue weighted by atomic mass is 9.70.